The summed E-state index contributed by atoms with van der Waals surface area (Å²) in [5.41, 5.74) is 2.06. The lowest BCUT2D eigenvalue weighted by atomic mass is 10.1. The molecule has 0 saturated carbocycles. The number of hydrogen-bond donors (Lipinski definition) is 1. The third kappa shape index (κ3) is 2.97. The molecule has 0 spiro atoms. The van der Waals surface area contributed by atoms with Gasteiger partial charge in [0.25, 0.3) is 0 Å². The molecule has 0 fully saturated rings. The summed E-state index contributed by atoms with van der Waals surface area (Å²) in [5, 5.41) is 9.32. The van der Waals surface area contributed by atoms with Crippen LogP contribution in [-0.2, 0) is 11.3 Å². The van der Waals surface area contributed by atoms with E-state index in [0.717, 1.165) is 17.8 Å². The van der Waals surface area contributed by atoms with E-state index in [2.05, 4.69) is 18.7 Å². The van der Waals surface area contributed by atoms with Crippen LogP contribution in [0.3, 0.4) is 0 Å². The zero-order chi connectivity index (χ0) is 12.0. The van der Waals surface area contributed by atoms with Crippen LogP contribution in [0.4, 0.5) is 5.69 Å². The maximum absolute atomic E-state index is 9.32. The molecule has 0 heterocycles. The van der Waals surface area contributed by atoms with Gasteiger partial charge >= 0.3 is 0 Å². The number of anilines is 1. The van der Waals surface area contributed by atoms with Gasteiger partial charge in [0.15, 0.2) is 0 Å². The molecule has 3 heteroatoms. The standard InChI is InChI=1S/C13H21NO2/c1-4-14(11(2)10-16-3)13-8-6-5-7-12(13)9-15/h5-8,11,15H,4,9-10H2,1-3H3. The summed E-state index contributed by atoms with van der Waals surface area (Å²) in [6.45, 7) is 5.91. The van der Waals surface area contributed by atoms with Gasteiger partial charge in [-0.05, 0) is 19.9 Å². The minimum absolute atomic E-state index is 0.0758. The van der Waals surface area contributed by atoms with Crippen LogP contribution in [0.25, 0.3) is 0 Å². The van der Waals surface area contributed by atoms with Gasteiger partial charge in [0.1, 0.15) is 0 Å². The molecule has 1 aromatic carbocycles. The monoisotopic (exact) mass is 223 g/mol. The van der Waals surface area contributed by atoms with E-state index in [9.17, 15) is 5.11 Å². The summed E-state index contributed by atoms with van der Waals surface area (Å²) in [6, 6.07) is 8.25. The topological polar surface area (TPSA) is 32.7 Å². The van der Waals surface area contributed by atoms with E-state index in [1.54, 1.807) is 7.11 Å². The van der Waals surface area contributed by atoms with Crippen molar-refractivity contribution in [2.45, 2.75) is 26.5 Å². The third-order valence-electron chi connectivity index (χ3n) is 2.75. The molecule has 3 nitrogen and oxygen atoms in total. The van der Waals surface area contributed by atoms with Crippen molar-refractivity contribution in [3.05, 3.63) is 29.8 Å². The number of nitrogens with zero attached hydrogens (tertiary/aromatic N) is 1. The highest BCUT2D eigenvalue weighted by Crippen LogP contribution is 2.22. The molecule has 1 atom stereocenters. The molecular weight excluding hydrogens is 202 g/mol. The first kappa shape index (κ1) is 13.0. The number of likely N-dealkylation sites (N-methyl/N-ethyl adjacent to an activating group) is 1. The lowest BCUT2D eigenvalue weighted by Gasteiger charge is -2.31. The predicted octanol–water partition coefficient (Wildman–Crippen LogP) is 2.04. The fraction of sp³-hybridized carbons (Fsp3) is 0.538. The van der Waals surface area contributed by atoms with Crippen LogP contribution in [-0.4, -0.2) is 31.4 Å². The Labute approximate surface area is 97.7 Å². The van der Waals surface area contributed by atoms with E-state index in [1.807, 2.05) is 24.3 Å². The van der Waals surface area contributed by atoms with E-state index in [0.29, 0.717) is 12.6 Å². The maximum atomic E-state index is 9.32. The van der Waals surface area contributed by atoms with Gasteiger partial charge in [-0.1, -0.05) is 18.2 Å². The van der Waals surface area contributed by atoms with Gasteiger partial charge in [0.2, 0.25) is 0 Å². The number of aliphatic hydroxyl groups excluding tert-OH is 1. The molecule has 0 radical (unpaired) electrons. The van der Waals surface area contributed by atoms with Gasteiger partial charge in [-0.2, -0.15) is 0 Å². The van der Waals surface area contributed by atoms with Crippen molar-refractivity contribution in [2.24, 2.45) is 0 Å². The Bertz CT molecular complexity index is 315. The molecule has 0 aliphatic carbocycles. The molecule has 0 aromatic heterocycles. The van der Waals surface area contributed by atoms with Crippen LogP contribution in [0.1, 0.15) is 19.4 Å². The van der Waals surface area contributed by atoms with Crippen molar-refractivity contribution in [3.63, 3.8) is 0 Å². The highest BCUT2D eigenvalue weighted by atomic mass is 16.5. The van der Waals surface area contributed by atoms with Gasteiger partial charge in [-0.25, -0.2) is 0 Å². The van der Waals surface area contributed by atoms with Crippen molar-refractivity contribution < 1.29 is 9.84 Å². The lowest BCUT2D eigenvalue weighted by molar-refractivity contribution is 0.181. The molecule has 1 rings (SSSR count). The Morgan fingerprint density at radius 1 is 1.38 bits per heavy atom. The smallest absolute Gasteiger partial charge is 0.0702 e. The molecule has 0 bridgehead atoms. The number of rotatable bonds is 6. The van der Waals surface area contributed by atoms with Crippen LogP contribution in [0.2, 0.25) is 0 Å². The average molecular weight is 223 g/mol. The van der Waals surface area contributed by atoms with Crippen molar-refractivity contribution in [1.82, 2.24) is 0 Å². The quantitative estimate of drug-likeness (QED) is 0.801. The summed E-state index contributed by atoms with van der Waals surface area (Å²) in [6.07, 6.45) is 0. The summed E-state index contributed by atoms with van der Waals surface area (Å²) in [7, 11) is 1.71. The van der Waals surface area contributed by atoms with Crippen molar-refractivity contribution in [3.8, 4) is 0 Å². The summed E-state index contributed by atoms with van der Waals surface area (Å²) >= 11 is 0. The summed E-state index contributed by atoms with van der Waals surface area (Å²) in [5.74, 6) is 0. The van der Waals surface area contributed by atoms with Crippen LogP contribution in [0.5, 0.6) is 0 Å². The number of para-hydroxylation sites is 1. The Balaban J connectivity index is 2.93. The molecule has 1 unspecified atom stereocenters. The zero-order valence-electron chi connectivity index (χ0n) is 10.3. The average Bonchev–Trinajstić information content (AvgIpc) is 2.31. The fourth-order valence-electron chi connectivity index (χ4n) is 1.98. The second kappa shape index (κ2) is 6.51. The van der Waals surface area contributed by atoms with Crippen molar-refractivity contribution in [1.29, 1.82) is 0 Å². The first-order valence-electron chi connectivity index (χ1n) is 5.68. The van der Waals surface area contributed by atoms with Crippen molar-refractivity contribution in [2.75, 3.05) is 25.2 Å². The van der Waals surface area contributed by atoms with Gasteiger partial charge in [-0.15, -0.1) is 0 Å². The van der Waals surface area contributed by atoms with Crippen LogP contribution >= 0.6 is 0 Å². The summed E-state index contributed by atoms with van der Waals surface area (Å²) < 4.78 is 5.18. The number of aliphatic hydroxyl groups is 1. The Hall–Kier alpha value is -1.06. The van der Waals surface area contributed by atoms with E-state index in [4.69, 9.17) is 4.74 Å². The highest BCUT2D eigenvalue weighted by Gasteiger charge is 2.14. The van der Waals surface area contributed by atoms with Crippen molar-refractivity contribution >= 4 is 5.69 Å². The third-order valence-corrected chi connectivity index (χ3v) is 2.75. The second-order valence-electron chi connectivity index (χ2n) is 3.88. The largest absolute Gasteiger partial charge is 0.392 e. The van der Waals surface area contributed by atoms with Gasteiger partial charge in [0, 0.05) is 30.9 Å². The maximum Gasteiger partial charge on any atom is 0.0702 e. The molecule has 1 aromatic rings. The van der Waals surface area contributed by atoms with E-state index in [1.165, 1.54) is 0 Å². The number of methoxy groups -OCH3 is 1. The summed E-state index contributed by atoms with van der Waals surface area (Å²) in [4.78, 5) is 2.25. The minimum atomic E-state index is 0.0758. The van der Waals surface area contributed by atoms with E-state index in [-0.39, 0.29) is 6.61 Å². The number of benzene rings is 1. The van der Waals surface area contributed by atoms with E-state index < -0.39 is 0 Å². The number of hydrogen-bond acceptors (Lipinski definition) is 3. The molecule has 0 amide bonds. The normalized spacial score (nSPS) is 12.5. The first-order valence-corrected chi connectivity index (χ1v) is 5.68. The highest BCUT2D eigenvalue weighted by molar-refractivity contribution is 5.54. The molecular formula is C13H21NO2. The Morgan fingerprint density at radius 3 is 2.62 bits per heavy atom. The Morgan fingerprint density at radius 2 is 2.06 bits per heavy atom. The first-order chi connectivity index (χ1) is 7.74. The minimum Gasteiger partial charge on any atom is -0.392 e. The SMILES string of the molecule is CCN(c1ccccc1CO)C(C)COC. The van der Waals surface area contributed by atoms with Crippen LogP contribution < -0.4 is 4.90 Å². The lowest BCUT2D eigenvalue weighted by Crippen LogP contribution is -2.36. The molecule has 16 heavy (non-hydrogen) atoms. The molecule has 0 aliphatic rings. The van der Waals surface area contributed by atoms with Gasteiger partial charge in [-0.3, -0.25) is 0 Å². The molecule has 0 aliphatic heterocycles. The molecule has 1 N–H and O–H groups in total. The fourth-order valence-corrected chi connectivity index (χ4v) is 1.98. The second-order valence-corrected chi connectivity index (χ2v) is 3.88. The van der Waals surface area contributed by atoms with Crippen LogP contribution in [0.15, 0.2) is 24.3 Å². The van der Waals surface area contributed by atoms with Gasteiger partial charge in [0.05, 0.1) is 13.2 Å². The molecule has 90 valence electrons. The molecule has 0 saturated heterocycles. The predicted molar refractivity (Wildman–Crippen MR) is 66.7 cm³/mol. The zero-order valence-corrected chi connectivity index (χ0v) is 10.3. The number of ether oxygens (including phenoxy) is 1. The van der Waals surface area contributed by atoms with Crippen LogP contribution in [0, 0.1) is 0 Å². The Kier molecular flexibility index (Phi) is 5.29. The van der Waals surface area contributed by atoms with E-state index >= 15 is 0 Å². The van der Waals surface area contributed by atoms with Gasteiger partial charge < -0.3 is 14.7 Å².